The Morgan fingerprint density at radius 2 is 0.530 bits per heavy atom. The molecule has 0 fully saturated rings. The van der Waals surface area contributed by atoms with Gasteiger partial charge in [-0.2, -0.15) is 0 Å². The van der Waals surface area contributed by atoms with Gasteiger partial charge in [-0.05, 0) is 135 Å². The number of carbonyl (C=O) groups excluding carboxylic acids is 4. The number of aliphatic hydroxyl groups excluding tert-OH is 1. The van der Waals surface area contributed by atoms with E-state index >= 15 is 0 Å². The van der Waals surface area contributed by atoms with Gasteiger partial charge in [0.25, 0.3) is 0 Å². The monoisotopic (exact) mass is 1440 g/mol. The van der Waals surface area contributed by atoms with Gasteiger partial charge in [0.05, 0.1) is 26.4 Å². The molecule has 5 atom stereocenters. The van der Waals surface area contributed by atoms with Gasteiger partial charge in [-0.3, -0.25) is 37.3 Å². The molecule has 0 aromatic heterocycles. The summed E-state index contributed by atoms with van der Waals surface area (Å²) in [6.07, 6.45) is 81.4. The molecule has 0 saturated carbocycles. The van der Waals surface area contributed by atoms with E-state index in [1.807, 2.05) is 24.3 Å². The molecule has 0 spiro atoms. The number of esters is 4. The van der Waals surface area contributed by atoms with Crippen molar-refractivity contribution >= 4 is 39.5 Å². The van der Waals surface area contributed by atoms with Crippen molar-refractivity contribution in [2.45, 2.75) is 303 Å². The van der Waals surface area contributed by atoms with Crippen molar-refractivity contribution < 1.29 is 80.2 Å². The third-order valence-corrected chi connectivity index (χ3v) is 17.2. The molecule has 0 aliphatic heterocycles. The van der Waals surface area contributed by atoms with Crippen LogP contribution >= 0.6 is 15.6 Å². The Labute approximate surface area is 605 Å². The summed E-state index contributed by atoms with van der Waals surface area (Å²) >= 11 is 0. The van der Waals surface area contributed by atoms with E-state index in [-0.39, 0.29) is 25.7 Å². The van der Waals surface area contributed by atoms with Crippen molar-refractivity contribution in [1.82, 2.24) is 0 Å². The van der Waals surface area contributed by atoms with Crippen molar-refractivity contribution in [3.8, 4) is 0 Å². The van der Waals surface area contributed by atoms with Gasteiger partial charge in [0, 0.05) is 25.7 Å². The number of ether oxygens (including phenoxy) is 4. The highest BCUT2D eigenvalue weighted by Crippen LogP contribution is 2.45. The molecule has 570 valence electrons. The molecule has 0 rings (SSSR count). The van der Waals surface area contributed by atoms with Gasteiger partial charge in [-0.1, -0.05) is 270 Å². The van der Waals surface area contributed by atoms with Gasteiger partial charge in [-0.15, -0.1) is 0 Å². The molecule has 0 aromatic rings. The van der Waals surface area contributed by atoms with Crippen molar-refractivity contribution in [3.63, 3.8) is 0 Å². The van der Waals surface area contributed by atoms with Crippen LogP contribution in [-0.2, 0) is 65.4 Å². The zero-order valence-corrected chi connectivity index (χ0v) is 63.9. The van der Waals surface area contributed by atoms with Crippen molar-refractivity contribution in [2.75, 3.05) is 39.6 Å². The van der Waals surface area contributed by atoms with Crippen LogP contribution in [0.25, 0.3) is 0 Å². The third kappa shape index (κ3) is 71.3. The molecule has 19 heteroatoms. The minimum atomic E-state index is -5.00. The molecule has 0 radical (unpaired) electrons. The maximum Gasteiger partial charge on any atom is 0.472 e. The first-order chi connectivity index (χ1) is 48.7. The van der Waals surface area contributed by atoms with Crippen LogP contribution in [0.2, 0.25) is 0 Å². The zero-order valence-electron chi connectivity index (χ0n) is 62.1. The molecule has 0 bridgehead atoms. The van der Waals surface area contributed by atoms with Crippen molar-refractivity contribution in [2.24, 2.45) is 0 Å². The van der Waals surface area contributed by atoms with E-state index in [1.165, 1.54) is 57.8 Å². The quantitative estimate of drug-likeness (QED) is 0.0169. The first kappa shape index (κ1) is 94.9. The summed E-state index contributed by atoms with van der Waals surface area (Å²) in [6, 6.07) is 0. The number of aliphatic hydroxyl groups is 1. The summed E-state index contributed by atoms with van der Waals surface area (Å²) in [5, 5.41) is 10.6. The number of hydrogen-bond acceptors (Lipinski definition) is 15. The Morgan fingerprint density at radius 1 is 0.290 bits per heavy atom. The molecule has 0 heterocycles. The van der Waals surface area contributed by atoms with Crippen LogP contribution in [0, 0.1) is 0 Å². The van der Waals surface area contributed by atoms with Gasteiger partial charge in [-0.25, -0.2) is 9.13 Å². The van der Waals surface area contributed by atoms with Crippen LogP contribution in [0.4, 0.5) is 0 Å². The number of hydrogen-bond donors (Lipinski definition) is 3. The van der Waals surface area contributed by atoms with E-state index in [9.17, 15) is 43.2 Å². The molecular formula is C81H134O17P2. The van der Waals surface area contributed by atoms with E-state index in [0.29, 0.717) is 38.5 Å². The number of phosphoric ester groups is 2. The molecule has 0 amide bonds. The Balaban J connectivity index is 5.44. The van der Waals surface area contributed by atoms with Crippen molar-refractivity contribution in [3.05, 3.63) is 146 Å². The van der Waals surface area contributed by atoms with E-state index in [0.717, 1.165) is 135 Å². The lowest BCUT2D eigenvalue weighted by atomic mass is 10.1. The summed E-state index contributed by atoms with van der Waals surface area (Å²) in [5.41, 5.74) is 0. The minimum Gasteiger partial charge on any atom is -0.462 e. The molecule has 0 aliphatic carbocycles. The standard InChI is InChI=1S/C81H134O17P2/c1-5-9-13-17-21-25-29-32-35-37-40-42-46-49-53-57-61-65-78(83)91-71-76(97-80(85)67-63-59-55-51-45-28-24-20-16-12-8-4)73-95-99(87,88)93-69-75(82)70-94-100(89,90)96-74-77(98-81(86)68-64-60-56-52-48-44-39-34-31-27-23-19-15-11-7-3)72-92-79(84)66-62-58-54-50-47-43-41-38-36-33-30-26-22-18-14-10-6-2/h9-10,13-14,21-23,25-27,32-36,39-43,49-50,53-54,75-77,82H,5-8,11-12,15-20,24,28-31,37-38,44-48,51-52,55-74H2,1-4H3,(H,87,88)(H,89,90)/b13-9-,14-10-,25-21-,26-22-,27-23-,35-32-,36-33-,39-34-,42-40-,43-41-,53-49-,54-50-. The fourth-order valence-electron chi connectivity index (χ4n) is 9.56. The molecule has 3 N–H and O–H groups in total. The van der Waals surface area contributed by atoms with Crippen LogP contribution in [0.3, 0.4) is 0 Å². The van der Waals surface area contributed by atoms with Crippen LogP contribution in [0.5, 0.6) is 0 Å². The number of carbonyl (C=O) groups is 4. The molecule has 5 unspecified atom stereocenters. The summed E-state index contributed by atoms with van der Waals surface area (Å²) < 4.78 is 68.3. The van der Waals surface area contributed by atoms with Crippen molar-refractivity contribution in [1.29, 1.82) is 0 Å². The lowest BCUT2D eigenvalue weighted by Crippen LogP contribution is -2.30. The van der Waals surface area contributed by atoms with Gasteiger partial charge in [0.2, 0.25) is 0 Å². The Kier molecular flexibility index (Phi) is 68.6. The van der Waals surface area contributed by atoms with E-state index < -0.39 is 97.5 Å². The second-order valence-electron chi connectivity index (χ2n) is 24.8. The summed E-state index contributed by atoms with van der Waals surface area (Å²) in [6.45, 7) is 4.45. The number of phosphoric acid groups is 2. The lowest BCUT2D eigenvalue weighted by Gasteiger charge is -2.21. The van der Waals surface area contributed by atoms with Crippen LogP contribution in [-0.4, -0.2) is 96.7 Å². The average Bonchev–Trinajstić information content (AvgIpc) is 1.02. The van der Waals surface area contributed by atoms with Crippen LogP contribution in [0.1, 0.15) is 285 Å². The molecule has 100 heavy (non-hydrogen) atoms. The topological polar surface area (TPSA) is 237 Å². The predicted octanol–water partition coefficient (Wildman–Crippen LogP) is 21.9. The summed E-state index contributed by atoms with van der Waals surface area (Å²) in [4.78, 5) is 72.8. The third-order valence-electron chi connectivity index (χ3n) is 15.3. The fraction of sp³-hybridized carbons (Fsp3) is 0.654. The second kappa shape index (κ2) is 72.3. The smallest absolute Gasteiger partial charge is 0.462 e. The molecule has 0 saturated heterocycles. The van der Waals surface area contributed by atoms with Gasteiger partial charge >= 0.3 is 39.5 Å². The SMILES string of the molecule is CC/C=C\C/C=C\C/C=C\C/C=C\C/C=C\CCCC(=O)OCC(COP(=O)(O)OCC(O)COP(=O)(O)OCC(COC(=O)CCC/C=C\C/C=C\C/C=C\C/C=C\C/C=C\CC)OC(=O)CCCCCCCCCCCCC)OC(=O)CCCCCCC/C=C\C/C=C\CCCCC. The lowest BCUT2D eigenvalue weighted by molar-refractivity contribution is -0.161. The first-order valence-corrected chi connectivity index (χ1v) is 41.1. The maximum atomic E-state index is 13.1. The predicted molar refractivity (Wildman–Crippen MR) is 408 cm³/mol. The molecule has 0 aromatic carbocycles. The normalized spacial score (nSPS) is 14.8. The first-order valence-electron chi connectivity index (χ1n) is 38.1. The second-order valence-corrected chi connectivity index (χ2v) is 27.7. The highest BCUT2D eigenvalue weighted by molar-refractivity contribution is 7.47. The highest BCUT2D eigenvalue weighted by atomic mass is 31.2. The minimum absolute atomic E-state index is 0.0618. The van der Waals surface area contributed by atoms with Gasteiger partial charge < -0.3 is 33.8 Å². The van der Waals surface area contributed by atoms with Crippen LogP contribution < -0.4 is 0 Å². The van der Waals surface area contributed by atoms with E-state index in [2.05, 4.69) is 149 Å². The summed E-state index contributed by atoms with van der Waals surface area (Å²) in [7, 11) is -9.99. The Morgan fingerprint density at radius 3 is 0.850 bits per heavy atom. The average molecular weight is 1440 g/mol. The Hall–Kier alpha value is -5.06. The van der Waals surface area contributed by atoms with Gasteiger partial charge in [0.1, 0.15) is 19.3 Å². The van der Waals surface area contributed by atoms with Gasteiger partial charge in [0.15, 0.2) is 12.2 Å². The largest absolute Gasteiger partial charge is 0.472 e. The Bertz CT molecular complexity index is 2470. The summed E-state index contributed by atoms with van der Waals surface area (Å²) in [5.74, 6) is -2.33. The maximum absolute atomic E-state index is 13.1. The van der Waals surface area contributed by atoms with Crippen LogP contribution in [0.15, 0.2) is 146 Å². The van der Waals surface area contributed by atoms with E-state index in [1.54, 1.807) is 0 Å². The molecule has 0 aliphatic rings. The molecular weight excluding hydrogens is 1310 g/mol. The number of unbranched alkanes of at least 4 members (excludes halogenated alkanes) is 20. The fourth-order valence-corrected chi connectivity index (χ4v) is 11.1. The highest BCUT2D eigenvalue weighted by Gasteiger charge is 2.30. The number of rotatable bonds is 70. The van der Waals surface area contributed by atoms with E-state index in [4.69, 9.17) is 37.0 Å². The number of allylic oxidation sites excluding steroid dienone is 24. The zero-order chi connectivity index (χ0) is 73.2. The molecule has 17 nitrogen and oxygen atoms in total.